The molecule has 41 heavy (non-hydrogen) atoms. The van der Waals surface area contributed by atoms with E-state index in [9.17, 15) is 20.1 Å². The van der Waals surface area contributed by atoms with Crippen molar-refractivity contribution in [2.75, 3.05) is 32.1 Å². The lowest BCUT2D eigenvalue weighted by atomic mass is 10.1. The molecule has 1 aromatic heterocycles. The first-order valence-corrected chi connectivity index (χ1v) is 12.3. The number of amidine groups is 2. The summed E-state index contributed by atoms with van der Waals surface area (Å²) in [5, 5.41) is 37.6. The molecule has 2 heterocycles. The van der Waals surface area contributed by atoms with Crippen LogP contribution in [0.5, 0.6) is 29.0 Å². The summed E-state index contributed by atoms with van der Waals surface area (Å²) in [6.45, 7) is 2.48. The summed E-state index contributed by atoms with van der Waals surface area (Å²) in [4.78, 5) is 22.8. The molecule has 1 aliphatic rings. The number of aliphatic hydroxyl groups excluding tert-OH is 1. The molecule has 0 saturated heterocycles. The highest BCUT2D eigenvalue weighted by molar-refractivity contribution is 6.00. The molecule has 1 aliphatic heterocycles. The molecule has 2 atom stereocenters. The number of nitrogens with zero attached hydrogens (tertiary/aromatic N) is 4. The minimum absolute atomic E-state index is 0.106. The Morgan fingerprint density at radius 3 is 2.44 bits per heavy atom. The maximum Gasteiger partial charge on any atom is 0.329 e. The Balaban J connectivity index is 1.84. The van der Waals surface area contributed by atoms with Crippen molar-refractivity contribution < 1.29 is 38.4 Å². The summed E-state index contributed by atoms with van der Waals surface area (Å²) in [5.74, 6) is -6.44. The highest BCUT2D eigenvalue weighted by Gasteiger charge is 2.35. The predicted octanol–water partition coefficient (Wildman–Crippen LogP) is 2.90. The summed E-state index contributed by atoms with van der Waals surface area (Å²) in [6, 6.07) is 8.36. The van der Waals surface area contributed by atoms with Gasteiger partial charge in [0.05, 0.1) is 12.6 Å². The van der Waals surface area contributed by atoms with E-state index < -0.39 is 52.9 Å². The summed E-state index contributed by atoms with van der Waals surface area (Å²) < 4.78 is 42.9. The van der Waals surface area contributed by atoms with Gasteiger partial charge >= 0.3 is 5.97 Å². The molecule has 0 radical (unpaired) electrons. The number of pyridine rings is 1. The number of likely N-dealkylation sites (N-methyl/N-ethyl adjacent to an activating group) is 2. The molecule has 0 spiro atoms. The average molecular weight is 571 g/mol. The van der Waals surface area contributed by atoms with E-state index in [0.29, 0.717) is 22.8 Å². The number of nitrogens with two attached hydrogens (primary N) is 1. The van der Waals surface area contributed by atoms with Gasteiger partial charge in [-0.25, -0.2) is 4.79 Å². The monoisotopic (exact) mass is 570 g/mol. The molecule has 6 N–H and O–H groups in total. The number of phenolic OH excluding ortho intramolecular Hbond substituents is 1. The molecule has 2 unspecified atom stereocenters. The van der Waals surface area contributed by atoms with Crippen molar-refractivity contribution in [3.63, 3.8) is 0 Å². The number of rotatable bonds is 10. The van der Waals surface area contributed by atoms with Crippen molar-refractivity contribution in [1.29, 1.82) is 5.41 Å². The van der Waals surface area contributed by atoms with Gasteiger partial charge in [-0.1, -0.05) is 12.1 Å². The molecule has 0 aliphatic carbocycles. The maximum absolute atomic E-state index is 15.9. The zero-order chi connectivity index (χ0) is 30.0. The van der Waals surface area contributed by atoms with Crippen LogP contribution in [0.4, 0.5) is 14.5 Å². The molecule has 0 bridgehead atoms. The fourth-order valence-electron chi connectivity index (χ4n) is 4.29. The van der Waals surface area contributed by atoms with Crippen LogP contribution < -0.4 is 20.1 Å². The predicted molar refractivity (Wildman–Crippen MR) is 145 cm³/mol. The zero-order valence-electron chi connectivity index (χ0n) is 22.3. The van der Waals surface area contributed by atoms with E-state index in [1.54, 1.807) is 18.2 Å². The molecule has 14 heteroatoms. The Morgan fingerprint density at radius 2 is 1.85 bits per heavy atom. The number of carboxylic acids is 1. The second kappa shape index (κ2) is 11.6. The minimum atomic E-state index is -1.77. The topological polar surface area (TPSA) is 178 Å². The van der Waals surface area contributed by atoms with Gasteiger partial charge in [0.1, 0.15) is 23.1 Å². The van der Waals surface area contributed by atoms with Gasteiger partial charge in [0.2, 0.25) is 11.6 Å². The van der Waals surface area contributed by atoms with Crippen molar-refractivity contribution >= 4 is 23.3 Å². The van der Waals surface area contributed by atoms with Crippen LogP contribution >= 0.6 is 0 Å². The van der Waals surface area contributed by atoms with Crippen LogP contribution in [0.25, 0.3) is 0 Å². The summed E-state index contributed by atoms with van der Waals surface area (Å²) in [6.07, 6.45) is -1.55. The third kappa shape index (κ3) is 5.96. The number of aromatic hydroxyl groups is 1. The van der Waals surface area contributed by atoms with Crippen molar-refractivity contribution in [2.45, 2.75) is 19.1 Å². The molecule has 0 saturated carbocycles. The van der Waals surface area contributed by atoms with E-state index in [-0.39, 0.29) is 22.9 Å². The number of hydrogen-bond donors (Lipinski definition) is 5. The lowest BCUT2D eigenvalue weighted by molar-refractivity contribution is -0.140. The number of ether oxygens (including phenoxy) is 2. The molecule has 216 valence electrons. The normalized spacial score (nSPS) is 14.3. The number of benzene rings is 2. The van der Waals surface area contributed by atoms with Crippen LogP contribution in [-0.2, 0) is 4.79 Å². The smallest absolute Gasteiger partial charge is 0.329 e. The Hall–Kier alpha value is -4.98. The molecule has 2 aromatic carbocycles. The van der Waals surface area contributed by atoms with E-state index in [1.165, 1.54) is 12.1 Å². The molecular weight excluding hydrogens is 542 g/mol. The molecule has 0 fully saturated rings. The molecular formula is C27H28F2N6O6. The van der Waals surface area contributed by atoms with Crippen LogP contribution in [0, 0.1) is 17.0 Å². The fourth-order valence-corrected chi connectivity index (χ4v) is 4.29. The van der Waals surface area contributed by atoms with Gasteiger partial charge in [-0.05, 0) is 37.3 Å². The first-order chi connectivity index (χ1) is 19.4. The maximum atomic E-state index is 15.9. The molecule has 4 rings (SSSR count). The Morgan fingerprint density at radius 1 is 1.17 bits per heavy atom. The first kappa shape index (κ1) is 29.0. The quantitative estimate of drug-likeness (QED) is 0.180. The number of phenols is 1. The van der Waals surface area contributed by atoms with Gasteiger partial charge in [-0.2, -0.15) is 13.8 Å². The second-order valence-electron chi connectivity index (χ2n) is 9.29. The summed E-state index contributed by atoms with van der Waals surface area (Å²) >= 11 is 0. The van der Waals surface area contributed by atoms with Gasteiger partial charge in [-0.15, -0.1) is 0 Å². The van der Waals surface area contributed by atoms with Crippen LogP contribution in [-0.4, -0.2) is 82.2 Å². The highest BCUT2D eigenvalue weighted by atomic mass is 19.1. The summed E-state index contributed by atoms with van der Waals surface area (Å²) in [5.41, 5.74) is 5.38. The molecule has 12 nitrogen and oxygen atoms in total. The van der Waals surface area contributed by atoms with E-state index in [1.807, 2.05) is 11.9 Å². The van der Waals surface area contributed by atoms with Crippen LogP contribution in [0.1, 0.15) is 18.1 Å². The number of anilines is 1. The SMILES string of the molecule is CC(O)C(C(=O)O)N(C)c1c(F)c(Oc2cccc(C3=NCCN3C)c2)nc(Oc2cc(C(=N)N)ccc2O)c1F. The standard InChI is InChI=1S/C27H28F2N6O6/c1-13(36)21(27(38)39)35(3)22-19(28)25(40-16-6-4-5-15(11-16)24-32-9-10-34(24)2)33-26(20(22)29)41-18-12-14(23(30)31)7-8-17(18)37/h4-8,11-13,21,36-37H,9-10H2,1-3H3,(H3,30,31)(H,38,39). The van der Waals surface area contributed by atoms with Crippen molar-refractivity contribution in [3.05, 3.63) is 65.2 Å². The lowest BCUT2D eigenvalue weighted by Gasteiger charge is -2.29. The number of carbonyl (C=O) groups is 1. The van der Waals surface area contributed by atoms with E-state index in [2.05, 4.69) is 9.98 Å². The number of hydrogen-bond acceptors (Lipinski definition) is 10. The summed E-state index contributed by atoms with van der Waals surface area (Å²) in [7, 11) is 2.94. The number of aliphatic carboxylic acids is 1. The number of aliphatic hydroxyl groups is 1. The fraction of sp³-hybridized carbons (Fsp3) is 0.259. The number of aromatic nitrogens is 1. The lowest BCUT2D eigenvalue weighted by Crippen LogP contribution is -2.47. The van der Waals surface area contributed by atoms with Crippen LogP contribution in [0.15, 0.2) is 47.5 Å². The molecule has 0 amide bonds. The number of nitrogens with one attached hydrogen (secondary N) is 1. The van der Waals surface area contributed by atoms with Gasteiger partial charge in [0, 0.05) is 31.8 Å². The average Bonchev–Trinajstić information content (AvgIpc) is 3.33. The number of nitrogen functional groups attached to an aromatic ring is 1. The first-order valence-electron chi connectivity index (χ1n) is 12.3. The van der Waals surface area contributed by atoms with E-state index in [0.717, 1.165) is 32.6 Å². The van der Waals surface area contributed by atoms with Gasteiger partial charge < -0.3 is 40.3 Å². The third-order valence-corrected chi connectivity index (χ3v) is 6.32. The van der Waals surface area contributed by atoms with E-state index in [4.69, 9.17) is 20.6 Å². The van der Waals surface area contributed by atoms with Gasteiger partial charge in [0.25, 0.3) is 11.8 Å². The van der Waals surface area contributed by atoms with Crippen molar-refractivity contribution in [3.8, 4) is 29.0 Å². The number of aliphatic imine (C=N–C) groups is 1. The minimum Gasteiger partial charge on any atom is -0.504 e. The molecule has 3 aromatic rings. The number of halogens is 2. The van der Waals surface area contributed by atoms with Crippen molar-refractivity contribution in [2.24, 2.45) is 10.7 Å². The largest absolute Gasteiger partial charge is 0.504 e. The Labute approximate surface area is 233 Å². The highest BCUT2D eigenvalue weighted by Crippen LogP contribution is 2.40. The third-order valence-electron chi connectivity index (χ3n) is 6.32. The number of carboxylic acid groups (broad SMARTS) is 1. The second-order valence-corrected chi connectivity index (χ2v) is 9.29. The Bertz CT molecular complexity index is 1530. The zero-order valence-corrected chi connectivity index (χ0v) is 22.3. The van der Waals surface area contributed by atoms with Crippen molar-refractivity contribution in [1.82, 2.24) is 9.88 Å². The Kier molecular flexibility index (Phi) is 8.23. The van der Waals surface area contributed by atoms with Crippen LogP contribution in [0.2, 0.25) is 0 Å². The van der Waals surface area contributed by atoms with Gasteiger partial charge in [-0.3, -0.25) is 10.4 Å². The van der Waals surface area contributed by atoms with Crippen LogP contribution in [0.3, 0.4) is 0 Å². The van der Waals surface area contributed by atoms with E-state index >= 15 is 8.78 Å². The van der Waals surface area contributed by atoms with Gasteiger partial charge in [0.15, 0.2) is 17.5 Å².